The van der Waals surface area contributed by atoms with E-state index in [9.17, 15) is 22.4 Å². The first-order valence-electron chi connectivity index (χ1n) is 8.87. The van der Waals surface area contributed by atoms with E-state index in [1.54, 1.807) is 18.2 Å². The average Bonchev–Trinajstić information content (AvgIpc) is 3.22. The minimum atomic E-state index is -3.68. The number of amides is 2. The number of hydrogen-bond acceptors (Lipinski definition) is 6. The molecule has 2 amide bonds. The van der Waals surface area contributed by atoms with E-state index < -0.39 is 27.7 Å². The lowest BCUT2D eigenvalue weighted by atomic mass is 10.3. The molecular formula is C20H17FN4O5S. The summed E-state index contributed by atoms with van der Waals surface area (Å²) in [5, 5.41) is 5.90. The number of nitrogens with one attached hydrogen (secondary N) is 3. The molecule has 0 unspecified atom stereocenters. The zero-order valence-corrected chi connectivity index (χ0v) is 16.7. The zero-order chi connectivity index (χ0) is 22.3. The number of furan rings is 1. The van der Waals surface area contributed by atoms with Gasteiger partial charge in [0.15, 0.2) is 0 Å². The Morgan fingerprint density at radius 1 is 0.968 bits per heavy atom. The molecule has 11 heteroatoms. The number of rotatable bonds is 7. The van der Waals surface area contributed by atoms with E-state index in [0.717, 1.165) is 18.3 Å². The Balaban J connectivity index is 1.49. The molecule has 3 aromatic rings. The highest BCUT2D eigenvalue weighted by molar-refractivity contribution is 7.89. The van der Waals surface area contributed by atoms with Crippen molar-refractivity contribution in [3.05, 3.63) is 84.1 Å². The van der Waals surface area contributed by atoms with Crippen LogP contribution in [-0.4, -0.2) is 26.4 Å². The number of anilines is 1. The van der Waals surface area contributed by atoms with Gasteiger partial charge in [-0.05, 0) is 48.5 Å². The smallest absolute Gasteiger partial charge is 0.329 e. The number of carbonyl (C=O) groups is 2. The van der Waals surface area contributed by atoms with Gasteiger partial charge in [-0.15, -0.1) is 0 Å². The molecule has 1 aromatic heterocycles. The summed E-state index contributed by atoms with van der Waals surface area (Å²) in [5.74, 6) is -1.95. The number of hydrogen-bond donors (Lipinski definition) is 3. The van der Waals surface area contributed by atoms with E-state index in [2.05, 4.69) is 15.1 Å². The van der Waals surface area contributed by atoms with Crippen LogP contribution in [-0.2, 0) is 26.2 Å². The molecule has 0 atom stereocenters. The molecule has 0 aliphatic carbocycles. The molecule has 0 spiro atoms. The van der Waals surface area contributed by atoms with Crippen LogP contribution in [0, 0.1) is 5.82 Å². The Kier molecular flexibility index (Phi) is 6.90. The van der Waals surface area contributed by atoms with Crippen molar-refractivity contribution in [1.29, 1.82) is 0 Å². The van der Waals surface area contributed by atoms with Gasteiger partial charge in [0.2, 0.25) is 10.0 Å². The van der Waals surface area contributed by atoms with Crippen LogP contribution in [0.15, 0.2) is 81.1 Å². The number of halogens is 1. The Bertz CT molecular complexity index is 1190. The zero-order valence-electron chi connectivity index (χ0n) is 15.9. The predicted octanol–water partition coefficient (Wildman–Crippen LogP) is 1.99. The van der Waals surface area contributed by atoms with E-state index >= 15 is 0 Å². The summed E-state index contributed by atoms with van der Waals surface area (Å²) in [4.78, 5) is 23.6. The van der Waals surface area contributed by atoms with Gasteiger partial charge in [-0.1, -0.05) is 18.2 Å². The van der Waals surface area contributed by atoms with Crippen LogP contribution in [0.4, 0.5) is 10.1 Å². The summed E-state index contributed by atoms with van der Waals surface area (Å²) in [6.07, 6.45) is 1.15. The van der Waals surface area contributed by atoms with Crippen molar-refractivity contribution in [3.8, 4) is 0 Å². The second-order valence-electron chi connectivity index (χ2n) is 6.10. The summed E-state index contributed by atoms with van der Waals surface area (Å²) >= 11 is 0. The maximum Gasteiger partial charge on any atom is 0.329 e. The predicted molar refractivity (Wildman–Crippen MR) is 110 cm³/mol. The van der Waals surface area contributed by atoms with Crippen molar-refractivity contribution in [2.45, 2.75) is 11.4 Å². The molecule has 0 saturated carbocycles. The second kappa shape index (κ2) is 9.78. The summed E-state index contributed by atoms with van der Waals surface area (Å²) in [6, 6.07) is 15.8. The normalized spacial score (nSPS) is 11.4. The Hall–Kier alpha value is -3.83. The van der Waals surface area contributed by atoms with Crippen LogP contribution in [0.5, 0.6) is 0 Å². The molecule has 0 radical (unpaired) electrons. The second-order valence-corrected chi connectivity index (χ2v) is 7.87. The lowest BCUT2D eigenvalue weighted by molar-refractivity contribution is -0.136. The fraction of sp³-hybridized carbons (Fsp3) is 0.0500. The molecule has 31 heavy (non-hydrogen) atoms. The van der Waals surface area contributed by atoms with Gasteiger partial charge in [-0.25, -0.2) is 23.0 Å². The van der Waals surface area contributed by atoms with Gasteiger partial charge in [0.1, 0.15) is 17.3 Å². The van der Waals surface area contributed by atoms with E-state index in [-0.39, 0.29) is 22.9 Å². The first-order chi connectivity index (χ1) is 14.8. The molecule has 0 aliphatic rings. The monoisotopic (exact) mass is 444 g/mol. The van der Waals surface area contributed by atoms with Gasteiger partial charge in [0.05, 0.1) is 17.7 Å². The lowest BCUT2D eigenvalue weighted by Crippen LogP contribution is -2.32. The summed E-state index contributed by atoms with van der Waals surface area (Å²) in [7, 11) is -3.68. The lowest BCUT2D eigenvalue weighted by Gasteiger charge is -2.04. The first kappa shape index (κ1) is 21.9. The number of sulfonamides is 1. The van der Waals surface area contributed by atoms with Crippen LogP contribution in [0.3, 0.4) is 0 Å². The van der Waals surface area contributed by atoms with Gasteiger partial charge in [-0.2, -0.15) is 5.10 Å². The van der Waals surface area contributed by atoms with Crippen LogP contribution in [0.25, 0.3) is 0 Å². The molecule has 0 saturated heterocycles. The van der Waals surface area contributed by atoms with E-state index in [1.165, 1.54) is 36.4 Å². The molecule has 1 heterocycles. The number of carbonyl (C=O) groups excluding carboxylic acids is 2. The van der Waals surface area contributed by atoms with Crippen molar-refractivity contribution in [2.24, 2.45) is 5.10 Å². The van der Waals surface area contributed by atoms with Gasteiger partial charge < -0.3 is 9.73 Å². The number of nitrogens with zero attached hydrogens (tertiary/aromatic N) is 1. The highest BCUT2D eigenvalue weighted by Crippen LogP contribution is 2.11. The number of hydrazone groups is 1. The molecule has 160 valence electrons. The summed E-state index contributed by atoms with van der Waals surface area (Å²) < 4.78 is 45.0. The third-order valence-electron chi connectivity index (χ3n) is 3.84. The highest BCUT2D eigenvalue weighted by Gasteiger charge is 2.14. The Morgan fingerprint density at radius 3 is 2.39 bits per heavy atom. The average molecular weight is 444 g/mol. The van der Waals surface area contributed by atoms with E-state index in [4.69, 9.17) is 4.42 Å². The van der Waals surface area contributed by atoms with Gasteiger partial charge in [-0.3, -0.25) is 9.59 Å². The molecule has 3 rings (SSSR count). The highest BCUT2D eigenvalue weighted by atomic mass is 32.2. The molecule has 0 bridgehead atoms. The quantitative estimate of drug-likeness (QED) is 0.292. The minimum Gasteiger partial charge on any atom is -0.459 e. The van der Waals surface area contributed by atoms with Gasteiger partial charge >= 0.3 is 11.8 Å². The molecule has 9 nitrogen and oxygen atoms in total. The van der Waals surface area contributed by atoms with E-state index in [0.29, 0.717) is 5.76 Å². The topological polar surface area (TPSA) is 130 Å². The van der Waals surface area contributed by atoms with Gasteiger partial charge in [0, 0.05) is 5.69 Å². The van der Waals surface area contributed by atoms with Crippen molar-refractivity contribution < 1.29 is 26.8 Å². The molecular weight excluding hydrogens is 427 g/mol. The third-order valence-corrected chi connectivity index (χ3v) is 5.26. The van der Waals surface area contributed by atoms with Crippen molar-refractivity contribution in [1.82, 2.24) is 10.1 Å². The summed E-state index contributed by atoms with van der Waals surface area (Å²) in [6.45, 7) is -0.0858. The van der Waals surface area contributed by atoms with Crippen LogP contribution >= 0.6 is 0 Å². The minimum absolute atomic E-state index is 0.0858. The summed E-state index contributed by atoms with van der Waals surface area (Å²) in [5.41, 5.74) is 2.27. The van der Waals surface area contributed by atoms with Crippen molar-refractivity contribution in [3.63, 3.8) is 0 Å². The van der Waals surface area contributed by atoms with Crippen LogP contribution in [0.1, 0.15) is 11.5 Å². The number of benzene rings is 2. The van der Waals surface area contributed by atoms with Gasteiger partial charge in [0.25, 0.3) is 0 Å². The van der Waals surface area contributed by atoms with Crippen LogP contribution < -0.4 is 15.5 Å². The molecule has 3 N–H and O–H groups in total. The fourth-order valence-electron chi connectivity index (χ4n) is 2.33. The van der Waals surface area contributed by atoms with Crippen molar-refractivity contribution >= 4 is 33.7 Å². The maximum atomic E-state index is 12.8. The largest absolute Gasteiger partial charge is 0.459 e. The standard InChI is InChI=1S/C20H17FN4O5S/c21-14-6-8-15(9-7-14)24-19(26)20(27)25-22-12-16-10-11-17(30-16)13-23-31(28,29)18-4-2-1-3-5-18/h1-12,23H,13H2,(H,24,26)(H,25,27)/b22-12-. The van der Waals surface area contributed by atoms with Crippen LogP contribution in [0.2, 0.25) is 0 Å². The maximum absolute atomic E-state index is 12.8. The molecule has 0 fully saturated rings. The molecule has 0 aliphatic heterocycles. The SMILES string of the molecule is O=C(N/N=C\c1ccc(CNS(=O)(=O)c2ccccc2)o1)C(=O)Nc1ccc(F)cc1. The Labute approximate surface area is 177 Å². The third kappa shape index (κ3) is 6.32. The molecule has 2 aromatic carbocycles. The van der Waals surface area contributed by atoms with Crippen molar-refractivity contribution in [2.75, 3.05) is 5.32 Å². The Morgan fingerprint density at radius 2 is 1.68 bits per heavy atom. The van der Waals surface area contributed by atoms with E-state index in [1.807, 2.05) is 5.43 Å². The first-order valence-corrected chi connectivity index (χ1v) is 10.4. The fourth-order valence-corrected chi connectivity index (χ4v) is 3.35.